The first kappa shape index (κ1) is 27.8. The van der Waals surface area contributed by atoms with E-state index in [9.17, 15) is 28.2 Å². The van der Waals surface area contributed by atoms with Crippen LogP contribution in [0.15, 0.2) is 57.9 Å². The van der Waals surface area contributed by atoms with Gasteiger partial charge in [0.25, 0.3) is 5.56 Å². The number of pyridine rings is 1. The molecular formula is C30H30F3N3O4. The first-order valence-corrected chi connectivity index (χ1v) is 13.1. The Balaban J connectivity index is 1.60. The summed E-state index contributed by atoms with van der Waals surface area (Å²) in [5.74, 6) is -1.58. The lowest BCUT2D eigenvalue weighted by molar-refractivity contribution is 0.0549. The van der Waals surface area contributed by atoms with E-state index in [0.717, 1.165) is 12.1 Å². The number of halogens is 3. The van der Waals surface area contributed by atoms with Gasteiger partial charge in [0.2, 0.25) is 0 Å². The number of hydrogen-bond acceptors (Lipinski definition) is 6. The summed E-state index contributed by atoms with van der Waals surface area (Å²) in [6.07, 6.45) is 2.84. The Morgan fingerprint density at radius 1 is 0.975 bits per heavy atom. The quantitative estimate of drug-likeness (QED) is 0.344. The number of likely N-dealkylation sites (tertiary alicyclic amines) is 1. The van der Waals surface area contributed by atoms with Gasteiger partial charge >= 0.3 is 0 Å². The summed E-state index contributed by atoms with van der Waals surface area (Å²) < 4.78 is 50.3. The number of hydrogen-bond donors (Lipinski definition) is 2. The molecule has 0 bridgehead atoms. The monoisotopic (exact) mass is 553 g/mol. The fourth-order valence-electron chi connectivity index (χ4n) is 5.45. The molecule has 40 heavy (non-hydrogen) atoms. The van der Waals surface area contributed by atoms with Gasteiger partial charge in [0.05, 0.1) is 30.5 Å². The lowest BCUT2D eigenvalue weighted by Crippen LogP contribution is -2.44. The normalized spacial score (nSPS) is 14.8. The molecule has 1 aliphatic heterocycles. The minimum absolute atomic E-state index is 0.0279. The fraction of sp³-hybridized carbons (Fsp3) is 0.333. The van der Waals surface area contributed by atoms with Crippen LogP contribution in [0.4, 0.5) is 13.2 Å². The van der Waals surface area contributed by atoms with E-state index < -0.39 is 17.5 Å². The highest BCUT2D eigenvalue weighted by Gasteiger charge is 2.30. The van der Waals surface area contributed by atoms with E-state index in [0.29, 0.717) is 54.2 Å². The van der Waals surface area contributed by atoms with Gasteiger partial charge in [-0.05, 0) is 81.2 Å². The molecule has 7 nitrogen and oxygen atoms in total. The molecule has 2 N–H and O–H groups in total. The first-order valence-electron chi connectivity index (χ1n) is 13.1. The molecule has 0 unspecified atom stereocenters. The molecule has 2 aromatic heterocycles. The van der Waals surface area contributed by atoms with Crippen LogP contribution in [0.5, 0.6) is 0 Å². The number of nitrogens with zero attached hydrogens (tertiary/aromatic N) is 3. The lowest BCUT2D eigenvalue weighted by atomic mass is 9.96. The zero-order valence-electron chi connectivity index (χ0n) is 22.2. The van der Waals surface area contributed by atoms with Crippen LogP contribution >= 0.6 is 0 Å². The molecule has 0 amide bonds. The van der Waals surface area contributed by atoms with Gasteiger partial charge in [-0.2, -0.15) is 0 Å². The minimum atomic E-state index is -0.814. The average molecular weight is 554 g/mol. The second-order valence-corrected chi connectivity index (χ2v) is 10.2. The molecule has 0 spiro atoms. The van der Waals surface area contributed by atoms with Gasteiger partial charge in [-0.15, -0.1) is 0 Å². The highest BCUT2D eigenvalue weighted by Crippen LogP contribution is 2.39. The Labute approximate surface area is 229 Å². The van der Waals surface area contributed by atoms with Gasteiger partial charge in [-0.25, -0.2) is 18.2 Å². The Morgan fingerprint density at radius 3 is 2.27 bits per heavy atom. The van der Waals surface area contributed by atoms with E-state index in [4.69, 9.17) is 9.40 Å². The minimum Gasteiger partial charge on any atom is -0.440 e. The summed E-state index contributed by atoms with van der Waals surface area (Å²) in [5.41, 5.74) is 2.11. The third-order valence-electron chi connectivity index (χ3n) is 7.52. The molecule has 2 aromatic carbocycles. The first-order chi connectivity index (χ1) is 19.2. The predicted molar refractivity (Wildman–Crippen MR) is 144 cm³/mol. The largest absolute Gasteiger partial charge is 0.440 e. The summed E-state index contributed by atoms with van der Waals surface area (Å²) in [6, 6.07) is 8.48. The molecule has 3 heterocycles. The SMILES string of the molecule is Cc1cc(F)cc(C)c1-n1cc(-c2nc(C3CCN(C(CO)CO)CC3)oc2-c2ccc(F)cc2F)ccc1=O. The van der Waals surface area contributed by atoms with Crippen molar-refractivity contribution in [1.29, 1.82) is 0 Å². The van der Waals surface area contributed by atoms with Crippen LogP contribution in [-0.4, -0.2) is 57.0 Å². The topological polar surface area (TPSA) is 91.7 Å². The van der Waals surface area contributed by atoms with Crippen molar-refractivity contribution in [3.8, 4) is 28.3 Å². The van der Waals surface area contributed by atoms with Crippen molar-refractivity contribution in [3.05, 3.63) is 93.5 Å². The van der Waals surface area contributed by atoms with Crippen molar-refractivity contribution in [2.75, 3.05) is 26.3 Å². The van der Waals surface area contributed by atoms with Gasteiger partial charge in [0.15, 0.2) is 11.7 Å². The number of aromatic nitrogens is 2. The van der Waals surface area contributed by atoms with Crippen molar-refractivity contribution in [3.63, 3.8) is 0 Å². The van der Waals surface area contributed by atoms with E-state index in [1.165, 1.54) is 28.8 Å². The van der Waals surface area contributed by atoms with Gasteiger partial charge in [0, 0.05) is 29.8 Å². The van der Waals surface area contributed by atoms with Gasteiger partial charge in [-0.1, -0.05) is 0 Å². The molecule has 10 heteroatoms. The van der Waals surface area contributed by atoms with E-state index in [1.807, 2.05) is 4.90 Å². The smallest absolute Gasteiger partial charge is 0.255 e. The molecule has 1 saturated heterocycles. The van der Waals surface area contributed by atoms with Gasteiger partial charge in [-0.3, -0.25) is 14.3 Å². The third-order valence-corrected chi connectivity index (χ3v) is 7.52. The van der Waals surface area contributed by atoms with Crippen LogP contribution in [0.1, 0.15) is 35.8 Å². The molecule has 4 aromatic rings. The standard InChI is InChI=1S/C30H30F3N3O4/c1-17-11-22(32)12-18(2)28(17)36-14-20(3-6-26(36)39)27-29(24-5-4-21(31)13-25(24)33)40-30(34-27)19-7-9-35(10-8-19)23(15-37)16-38/h3-6,11-14,19,23,37-38H,7-10,15-16H2,1-2H3. The zero-order valence-corrected chi connectivity index (χ0v) is 22.2. The number of aryl methyl sites for hydroxylation is 2. The Bertz CT molecular complexity index is 1560. The molecule has 0 aliphatic carbocycles. The molecule has 0 radical (unpaired) electrons. The molecule has 0 atom stereocenters. The maximum atomic E-state index is 15.0. The van der Waals surface area contributed by atoms with Crippen molar-refractivity contribution in [1.82, 2.24) is 14.5 Å². The number of rotatable bonds is 7. The molecular weight excluding hydrogens is 523 g/mol. The lowest BCUT2D eigenvalue weighted by Gasteiger charge is -2.35. The molecule has 1 fully saturated rings. The van der Waals surface area contributed by atoms with Crippen molar-refractivity contribution in [2.45, 2.75) is 38.6 Å². The molecule has 210 valence electrons. The summed E-state index contributed by atoms with van der Waals surface area (Å²) in [4.78, 5) is 19.7. The van der Waals surface area contributed by atoms with Gasteiger partial charge < -0.3 is 14.6 Å². The fourth-order valence-corrected chi connectivity index (χ4v) is 5.45. The second kappa shape index (κ2) is 11.4. The van der Waals surface area contributed by atoms with Crippen molar-refractivity contribution in [2.24, 2.45) is 0 Å². The highest BCUT2D eigenvalue weighted by molar-refractivity contribution is 5.77. The number of piperidine rings is 1. The second-order valence-electron chi connectivity index (χ2n) is 10.2. The van der Waals surface area contributed by atoms with Crippen LogP contribution in [0.25, 0.3) is 28.3 Å². The molecule has 5 rings (SSSR count). The van der Waals surface area contributed by atoms with E-state index in [1.54, 1.807) is 26.1 Å². The van der Waals surface area contributed by atoms with Crippen molar-refractivity contribution >= 4 is 0 Å². The van der Waals surface area contributed by atoms with E-state index >= 15 is 0 Å². The number of aliphatic hydroxyl groups is 2. The molecule has 0 saturated carbocycles. The maximum absolute atomic E-state index is 15.0. The number of benzene rings is 2. The number of aliphatic hydroxyl groups excluding tert-OH is 2. The summed E-state index contributed by atoms with van der Waals surface area (Å²) >= 11 is 0. The average Bonchev–Trinajstić information content (AvgIpc) is 3.35. The Morgan fingerprint density at radius 2 is 1.65 bits per heavy atom. The van der Waals surface area contributed by atoms with E-state index in [2.05, 4.69) is 0 Å². The van der Waals surface area contributed by atoms with Crippen LogP contribution in [0.3, 0.4) is 0 Å². The van der Waals surface area contributed by atoms with Crippen LogP contribution < -0.4 is 5.56 Å². The van der Waals surface area contributed by atoms with Crippen LogP contribution in [-0.2, 0) is 0 Å². The van der Waals surface area contributed by atoms with Crippen molar-refractivity contribution < 1.29 is 27.8 Å². The molecule has 1 aliphatic rings. The summed E-state index contributed by atoms with van der Waals surface area (Å²) in [7, 11) is 0. The predicted octanol–water partition coefficient (Wildman–Crippen LogP) is 4.73. The highest BCUT2D eigenvalue weighted by atomic mass is 19.1. The Hall–Kier alpha value is -3.73. The van der Waals surface area contributed by atoms with Crippen LogP contribution in [0.2, 0.25) is 0 Å². The Kier molecular flexibility index (Phi) is 7.93. The summed E-state index contributed by atoms with van der Waals surface area (Å²) in [5, 5.41) is 19.1. The zero-order chi connectivity index (χ0) is 28.6. The van der Waals surface area contributed by atoms with Gasteiger partial charge in [0.1, 0.15) is 23.1 Å². The van der Waals surface area contributed by atoms with Crippen LogP contribution in [0, 0.1) is 31.3 Å². The number of oxazole rings is 1. The third kappa shape index (κ3) is 5.34. The maximum Gasteiger partial charge on any atom is 0.255 e. The van der Waals surface area contributed by atoms with E-state index in [-0.39, 0.29) is 47.8 Å². The summed E-state index contributed by atoms with van der Waals surface area (Å²) in [6.45, 7) is 4.32.